The Morgan fingerprint density at radius 2 is 1.93 bits per heavy atom. The highest BCUT2D eigenvalue weighted by Crippen LogP contribution is 2.20. The second kappa shape index (κ2) is 5.78. The molecule has 2 atom stereocenters. The number of aliphatic hydroxyl groups excluding tert-OH is 1. The maximum absolute atomic E-state index is 9.57. The second-order valence-electron chi connectivity index (χ2n) is 3.44. The Hall–Kier alpha value is -0.860. The third-order valence-electron chi connectivity index (χ3n) is 2.07. The Morgan fingerprint density at radius 3 is 2.43 bits per heavy atom. The van der Waals surface area contributed by atoms with Crippen molar-refractivity contribution in [2.75, 3.05) is 6.61 Å². The van der Waals surface area contributed by atoms with E-state index in [4.69, 9.17) is 4.74 Å². The first-order chi connectivity index (χ1) is 6.75. The predicted octanol–water partition coefficient (Wildman–Crippen LogP) is 2.54. The van der Waals surface area contributed by atoms with Gasteiger partial charge in [0.25, 0.3) is 0 Å². The summed E-state index contributed by atoms with van der Waals surface area (Å²) in [4.78, 5) is 0. The highest BCUT2D eigenvalue weighted by molar-refractivity contribution is 5.18. The van der Waals surface area contributed by atoms with Crippen LogP contribution in [0.2, 0.25) is 0 Å². The molecule has 0 saturated carbocycles. The molecule has 2 nitrogen and oxygen atoms in total. The molecule has 0 aliphatic rings. The van der Waals surface area contributed by atoms with Gasteiger partial charge in [-0.25, -0.2) is 0 Å². The maximum Gasteiger partial charge on any atom is 0.108 e. The normalized spacial score (nSPS) is 15.1. The third kappa shape index (κ3) is 3.13. The van der Waals surface area contributed by atoms with Crippen LogP contribution in [0.4, 0.5) is 0 Å². The zero-order chi connectivity index (χ0) is 10.4. The van der Waals surface area contributed by atoms with Gasteiger partial charge in [0.15, 0.2) is 0 Å². The molecule has 0 aliphatic heterocycles. The minimum Gasteiger partial charge on any atom is -0.390 e. The van der Waals surface area contributed by atoms with Gasteiger partial charge in [-0.3, -0.25) is 0 Å². The number of aliphatic hydroxyl groups is 1. The fraction of sp³-hybridized carbons (Fsp3) is 0.500. The molecule has 2 unspecified atom stereocenters. The van der Waals surface area contributed by atoms with E-state index in [-0.39, 0.29) is 6.10 Å². The van der Waals surface area contributed by atoms with Crippen LogP contribution in [-0.2, 0) is 4.74 Å². The Morgan fingerprint density at radius 1 is 1.29 bits per heavy atom. The largest absolute Gasteiger partial charge is 0.390 e. The molecule has 0 amide bonds. The predicted molar refractivity (Wildman–Crippen MR) is 57.1 cm³/mol. The summed E-state index contributed by atoms with van der Waals surface area (Å²) in [6.45, 7) is 4.50. The maximum atomic E-state index is 9.57. The van der Waals surface area contributed by atoms with Crippen LogP contribution in [0.15, 0.2) is 30.3 Å². The number of hydrogen-bond donors (Lipinski definition) is 1. The molecule has 0 heterocycles. The number of benzene rings is 1. The average Bonchev–Trinajstić information content (AvgIpc) is 2.19. The lowest BCUT2D eigenvalue weighted by Gasteiger charge is -2.20. The Kier molecular flexibility index (Phi) is 4.63. The first kappa shape index (κ1) is 11.2. The molecule has 1 rings (SSSR count). The fourth-order valence-electron chi connectivity index (χ4n) is 1.40. The zero-order valence-corrected chi connectivity index (χ0v) is 8.81. The summed E-state index contributed by atoms with van der Waals surface area (Å²) < 4.78 is 5.59. The molecule has 1 N–H and O–H groups in total. The van der Waals surface area contributed by atoms with Crippen molar-refractivity contribution < 1.29 is 9.84 Å². The van der Waals surface area contributed by atoms with E-state index in [1.54, 1.807) is 6.92 Å². The van der Waals surface area contributed by atoms with Gasteiger partial charge in [0.2, 0.25) is 0 Å². The molecule has 1 aromatic rings. The molecule has 0 saturated heterocycles. The first-order valence-corrected chi connectivity index (χ1v) is 5.10. The third-order valence-corrected chi connectivity index (χ3v) is 2.07. The van der Waals surface area contributed by atoms with Gasteiger partial charge in [-0.1, -0.05) is 37.3 Å². The minimum absolute atomic E-state index is 0.198. The van der Waals surface area contributed by atoms with Crippen LogP contribution in [-0.4, -0.2) is 17.8 Å². The molecule has 1 aromatic carbocycles. The summed E-state index contributed by atoms with van der Waals surface area (Å²) in [6.07, 6.45) is 0.302. The molecule has 14 heavy (non-hydrogen) atoms. The Balaban J connectivity index is 2.68. The van der Waals surface area contributed by atoms with Gasteiger partial charge in [0, 0.05) is 6.61 Å². The van der Waals surface area contributed by atoms with Crippen molar-refractivity contribution >= 4 is 0 Å². The highest BCUT2D eigenvalue weighted by atomic mass is 16.5. The van der Waals surface area contributed by atoms with E-state index in [9.17, 15) is 5.11 Å². The van der Waals surface area contributed by atoms with E-state index in [2.05, 4.69) is 6.92 Å². The van der Waals surface area contributed by atoms with Gasteiger partial charge in [-0.05, 0) is 18.9 Å². The summed E-state index contributed by atoms with van der Waals surface area (Å²) >= 11 is 0. The van der Waals surface area contributed by atoms with Crippen LogP contribution in [0.25, 0.3) is 0 Å². The van der Waals surface area contributed by atoms with Gasteiger partial charge >= 0.3 is 0 Å². The van der Waals surface area contributed by atoms with Crippen molar-refractivity contribution in [3.8, 4) is 0 Å². The molecular weight excluding hydrogens is 176 g/mol. The van der Waals surface area contributed by atoms with Crippen LogP contribution in [0.3, 0.4) is 0 Å². The SMILES string of the molecule is CCCOC(c1ccccc1)C(C)O. The van der Waals surface area contributed by atoms with Crippen LogP contribution in [0, 0.1) is 0 Å². The quantitative estimate of drug-likeness (QED) is 0.780. The first-order valence-electron chi connectivity index (χ1n) is 5.10. The highest BCUT2D eigenvalue weighted by Gasteiger charge is 2.16. The molecule has 0 bridgehead atoms. The van der Waals surface area contributed by atoms with Crippen LogP contribution in [0.5, 0.6) is 0 Å². The fourth-order valence-corrected chi connectivity index (χ4v) is 1.40. The van der Waals surface area contributed by atoms with Crippen molar-refractivity contribution in [1.29, 1.82) is 0 Å². The van der Waals surface area contributed by atoms with Crippen molar-refractivity contribution in [3.05, 3.63) is 35.9 Å². The summed E-state index contributed by atoms with van der Waals surface area (Å²) in [7, 11) is 0. The van der Waals surface area contributed by atoms with Gasteiger partial charge < -0.3 is 9.84 Å². The Labute approximate surface area is 85.5 Å². The molecular formula is C12H18O2. The lowest BCUT2D eigenvalue weighted by molar-refractivity contribution is -0.0310. The average molecular weight is 194 g/mol. The van der Waals surface area contributed by atoms with E-state index < -0.39 is 6.10 Å². The summed E-state index contributed by atoms with van der Waals surface area (Å²) in [6, 6.07) is 9.84. The van der Waals surface area contributed by atoms with Gasteiger partial charge in [-0.15, -0.1) is 0 Å². The van der Waals surface area contributed by atoms with E-state index >= 15 is 0 Å². The van der Waals surface area contributed by atoms with Crippen LogP contribution < -0.4 is 0 Å². The lowest BCUT2D eigenvalue weighted by Crippen LogP contribution is -2.18. The molecule has 0 radical (unpaired) electrons. The van der Waals surface area contributed by atoms with E-state index in [1.165, 1.54) is 0 Å². The summed E-state index contributed by atoms with van der Waals surface area (Å²) in [5.74, 6) is 0. The van der Waals surface area contributed by atoms with E-state index in [1.807, 2.05) is 30.3 Å². The second-order valence-corrected chi connectivity index (χ2v) is 3.44. The van der Waals surface area contributed by atoms with E-state index in [0.29, 0.717) is 6.61 Å². The summed E-state index contributed by atoms with van der Waals surface area (Å²) in [5.41, 5.74) is 1.04. The summed E-state index contributed by atoms with van der Waals surface area (Å²) in [5, 5.41) is 9.57. The monoisotopic (exact) mass is 194 g/mol. The van der Waals surface area contributed by atoms with Gasteiger partial charge in [0.05, 0.1) is 6.10 Å². The van der Waals surface area contributed by atoms with E-state index in [0.717, 1.165) is 12.0 Å². The smallest absolute Gasteiger partial charge is 0.108 e. The minimum atomic E-state index is -0.469. The van der Waals surface area contributed by atoms with Crippen molar-refractivity contribution in [2.24, 2.45) is 0 Å². The standard InChI is InChI=1S/C12H18O2/c1-3-9-14-12(10(2)13)11-7-5-4-6-8-11/h4-8,10,12-13H,3,9H2,1-2H3. The molecule has 0 aromatic heterocycles. The zero-order valence-electron chi connectivity index (χ0n) is 8.81. The van der Waals surface area contributed by atoms with Crippen molar-refractivity contribution in [3.63, 3.8) is 0 Å². The number of rotatable bonds is 5. The molecule has 0 aliphatic carbocycles. The molecule has 0 fully saturated rings. The van der Waals surface area contributed by atoms with Gasteiger partial charge in [-0.2, -0.15) is 0 Å². The molecule has 2 heteroatoms. The molecule has 0 spiro atoms. The molecule has 78 valence electrons. The van der Waals surface area contributed by atoms with Gasteiger partial charge in [0.1, 0.15) is 6.10 Å². The number of hydrogen-bond acceptors (Lipinski definition) is 2. The number of ether oxygens (including phenoxy) is 1. The van der Waals surface area contributed by atoms with Crippen LogP contribution >= 0.6 is 0 Å². The van der Waals surface area contributed by atoms with Crippen LogP contribution in [0.1, 0.15) is 31.9 Å². The Bertz CT molecular complexity index is 244. The lowest BCUT2D eigenvalue weighted by atomic mass is 10.1. The topological polar surface area (TPSA) is 29.5 Å². The van der Waals surface area contributed by atoms with Crippen molar-refractivity contribution in [1.82, 2.24) is 0 Å². The van der Waals surface area contributed by atoms with Crippen molar-refractivity contribution in [2.45, 2.75) is 32.5 Å².